The molecule has 3 heteroatoms. The van der Waals surface area contributed by atoms with Crippen molar-refractivity contribution in [3.05, 3.63) is 32.7 Å². The Morgan fingerprint density at radius 3 is 2.69 bits per heavy atom. The van der Waals surface area contributed by atoms with Gasteiger partial charge in [0.05, 0.1) is 0 Å². The van der Waals surface area contributed by atoms with Crippen LogP contribution in [0.15, 0.2) is 27.1 Å². The van der Waals surface area contributed by atoms with E-state index in [-0.39, 0.29) is 5.78 Å². The highest BCUT2D eigenvalue weighted by Gasteiger charge is 2.10. The number of halogens is 2. The van der Waals surface area contributed by atoms with Gasteiger partial charge in [-0.3, -0.25) is 4.79 Å². The molecular weight excluding hydrogens is 296 g/mol. The van der Waals surface area contributed by atoms with E-state index in [1.54, 1.807) is 0 Å². The van der Waals surface area contributed by atoms with Crippen LogP contribution < -0.4 is 0 Å². The van der Waals surface area contributed by atoms with Gasteiger partial charge in [-0.05, 0) is 44.3 Å². The first-order valence-electron chi connectivity index (χ1n) is 4.14. The number of rotatable bonds is 3. The van der Waals surface area contributed by atoms with E-state index in [9.17, 15) is 4.79 Å². The fourth-order valence-corrected chi connectivity index (χ4v) is 1.93. The van der Waals surface area contributed by atoms with Gasteiger partial charge in [-0.25, -0.2) is 0 Å². The van der Waals surface area contributed by atoms with Crippen molar-refractivity contribution in [2.75, 3.05) is 0 Å². The van der Waals surface area contributed by atoms with E-state index >= 15 is 0 Å². The fraction of sp³-hybridized carbons (Fsp3) is 0.300. The fourth-order valence-electron chi connectivity index (χ4n) is 1.08. The highest BCUT2D eigenvalue weighted by atomic mass is 79.9. The van der Waals surface area contributed by atoms with Crippen LogP contribution in [0.25, 0.3) is 0 Å². The lowest BCUT2D eigenvalue weighted by Crippen LogP contribution is -1.99. The zero-order chi connectivity index (χ0) is 9.84. The molecule has 0 heterocycles. The molecule has 0 radical (unpaired) electrons. The molecule has 0 aliphatic heterocycles. The SMILES string of the molecule is CCCC(=O)c1cccc(Br)c1Br. The predicted molar refractivity (Wildman–Crippen MR) is 61.1 cm³/mol. The number of carbonyl (C=O) groups is 1. The van der Waals surface area contributed by atoms with Crippen molar-refractivity contribution in [1.29, 1.82) is 0 Å². The van der Waals surface area contributed by atoms with Gasteiger partial charge in [-0.15, -0.1) is 0 Å². The van der Waals surface area contributed by atoms with Gasteiger partial charge >= 0.3 is 0 Å². The highest BCUT2D eigenvalue weighted by Crippen LogP contribution is 2.27. The van der Waals surface area contributed by atoms with E-state index in [0.717, 1.165) is 20.9 Å². The van der Waals surface area contributed by atoms with E-state index in [1.807, 2.05) is 25.1 Å². The second-order valence-corrected chi connectivity index (χ2v) is 4.42. The van der Waals surface area contributed by atoms with Gasteiger partial charge in [0.15, 0.2) is 5.78 Å². The quantitative estimate of drug-likeness (QED) is 0.765. The number of hydrogen-bond donors (Lipinski definition) is 0. The molecule has 1 aromatic rings. The number of hydrogen-bond acceptors (Lipinski definition) is 1. The number of ketones is 1. The van der Waals surface area contributed by atoms with Crippen LogP contribution in [0.5, 0.6) is 0 Å². The molecule has 13 heavy (non-hydrogen) atoms. The Kier molecular flexibility index (Phi) is 4.13. The van der Waals surface area contributed by atoms with E-state index in [4.69, 9.17) is 0 Å². The number of Topliss-reactive ketones (excluding diaryl/α,β-unsaturated/α-hetero) is 1. The normalized spacial score (nSPS) is 10.1. The van der Waals surface area contributed by atoms with E-state index in [1.165, 1.54) is 0 Å². The molecular formula is C10H10Br2O. The van der Waals surface area contributed by atoms with Crippen molar-refractivity contribution in [3.63, 3.8) is 0 Å². The maximum Gasteiger partial charge on any atom is 0.164 e. The minimum absolute atomic E-state index is 0.190. The Morgan fingerprint density at radius 2 is 2.08 bits per heavy atom. The number of benzene rings is 1. The maximum atomic E-state index is 11.6. The summed E-state index contributed by atoms with van der Waals surface area (Å²) in [6, 6.07) is 5.62. The average Bonchev–Trinajstić information content (AvgIpc) is 2.10. The van der Waals surface area contributed by atoms with Crippen molar-refractivity contribution in [2.24, 2.45) is 0 Å². The standard InChI is InChI=1S/C10H10Br2O/c1-2-4-9(13)7-5-3-6-8(11)10(7)12/h3,5-6H,2,4H2,1H3. The summed E-state index contributed by atoms with van der Waals surface area (Å²) in [5.41, 5.74) is 0.760. The summed E-state index contributed by atoms with van der Waals surface area (Å²) < 4.78 is 1.78. The predicted octanol–water partition coefficient (Wildman–Crippen LogP) is 4.19. The van der Waals surface area contributed by atoms with Gasteiger partial charge in [0, 0.05) is 20.9 Å². The minimum Gasteiger partial charge on any atom is -0.294 e. The lowest BCUT2D eigenvalue weighted by atomic mass is 10.1. The molecule has 1 rings (SSSR count). The van der Waals surface area contributed by atoms with E-state index in [0.29, 0.717) is 6.42 Å². The van der Waals surface area contributed by atoms with Gasteiger partial charge in [0.1, 0.15) is 0 Å². The maximum absolute atomic E-state index is 11.6. The van der Waals surface area contributed by atoms with Crippen LogP contribution in [0.1, 0.15) is 30.1 Å². The van der Waals surface area contributed by atoms with Crippen molar-refractivity contribution < 1.29 is 4.79 Å². The molecule has 1 aromatic carbocycles. The third-order valence-corrected chi connectivity index (χ3v) is 3.78. The molecule has 0 aliphatic carbocycles. The van der Waals surface area contributed by atoms with Crippen LogP contribution in [0.2, 0.25) is 0 Å². The van der Waals surface area contributed by atoms with E-state index in [2.05, 4.69) is 31.9 Å². The van der Waals surface area contributed by atoms with Crippen LogP contribution in [-0.2, 0) is 0 Å². The van der Waals surface area contributed by atoms with Crippen molar-refractivity contribution >= 4 is 37.6 Å². The first-order chi connectivity index (χ1) is 6.16. The summed E-state index contributed by atoms with van der Waals surface area (Å²) in [5, 5.41) is 0. The molecule has 0 saturated heterocycles. The molecule has 1 nitrogen and oxygen atoms in total. The van der Waals surface area contributed by atoms with Gasteiger partial charge in [0.2, 0.25) is 0 Å². The number of carbonyl (C=O) groups excluding carboxylic acids is 1. The van der Waals surface area contributed by atoms with Crippen LogP contribution >= 0.6 is 31.9 Å². The molecule has 0 unspecified atom stereocenters. The Labute approximate surface area is 94.8 Å². The van der Waals surface area contributed by atoms with E-state index < -0.39 is 0 Å². The Bertz CT molecular complexity index is 321. The molecule has 0 bridgehead atoms. The smallest absolute Gasteiger partial charge is 0.164 e. The van der Waals surface area contributed by atoms with Crippen molar-refractivity contribution in [2.45, 2.75) is 19.8 Å². The molecule has 0 N–H and O–H groups in total. The highest BCUT2D eigenvalue weighted by molar-refractivity contribution is 9.13. The van der Waals surface area contributed by atoms with Crippen molar-refractivity contribution in [1.82, 2.24) is 0 Å². The summed E-state index contributed by atoms with van der Waals surface area (Å²) in [6.45, 7) is 2.00. The topological polar surface area (TPSA) is 17.1 Å². The van der Waals surface area contributed by atoms with Crippen LogP contribution in [0.4, 0.5) is 0 Å². The molecule has 0 aromatic heterocycles. The Balaban J connectivity index is 3.01. The van der Waals surface area contributed by atoms with Gasteiger partial charge in [-0.1, -0.05) is 19.1 Å². The van der Waals surface area contributed by atoms with Gasteiger partial charge < -0.3 is 0 Å². The first kappa shape index (κ1) is 10.9. The Hall–Kier alpha value is -0.150. The molecule has 0 atom stereocenters. The molecule has 0 saturated carbocycles. The lowest BCUT2D eigenvalue weighted by molar-refractivity contribution is 0.0981. The summed E-state index contributed by atoms with van der Waals surface area (Å²) in [5.74, 6) is 0.190. The molecule has 70 valence electrons. The summed E-state index contributed by atoms with van der Waals surface area (Å²) >= 11 is 6.75. The largest absolute Gasteiger partial charge is 0.294 e. The minimum atomic E-state index is 0.190. The Morgan fingerprint density at radius 1 is 1.38 bits per heavy atom. The van der Waals surface area contributed by atoms with Gasteiger partial charge in [-0.2, -0.15) is 0 Å². The zero-order valence-electron chi connectivity index (χ0n) is 7.31. The summed E-state index contributed by atoms with van der Waals surface area (Å²) in [7, 11) is 0. The van der Waals surface area contributed by atoms with Crippen LogP contribution in [-0.4, -0.2) is 5.78 Å². The molecule has 0 fully saturated rings. The lowest BCUT2D eigenvalue weighted by Gasteiger charge is -2.03. The first-order valence-corrected chi connectivity index (χ1v) is 5.72. The second-order valence-electron chi connectivity index (χ2n) is 2.77. The monoisotopic (exact) mass is 304 g/mol. The summed E-state index contributed by atoms with van der Waals surface area (Å²) in [6.07, 6.45) is 1.49. The molecule has 0 aliphatic rings. The van der Waals surface area contributed by atoms with Crippen molar-refractivity contribution in [3.8, 4) is 0 Å². The van der Waals surface area contributed by atoms with Crippen LogP contribution in [0.3, 0.4) is 0 Å². The zero-order valence-corrected chi connectivity index (χ0v) is 10.5. The van der Waals surface area contributed by atoms with Gasteiger partial charge in [0.25, 0.3) is 0 Å². The molecule has 0 spiro atoms. The third kappa shape index (κ3) is 2.64. The second kappa shape index (κ2) is 4.91. The third-order valence-electron chi connectivity index (χ3n) is 1.73. The molecule has 0 amide bonds. The van der Waals surface area contributed by atoms with Crippen LogP contribution in [0, 0.1) is 0 Å². The average molecular weight is 306 g/mol. The summed E-state index contributed by atoms with van der Waals surface area (Å²) in [4.78, 5) is 11.6.